The summed E-state index contributed by atoms with van der Waals surface area (Å²) in [5, 5.41) is 3.06. The van der Waals surface area contributed by atoms with Gasteiger partial charge in [-0.25, -0.2) is 4.79 Å². The average molecular weight is 302 g/mol. The van der Waals surface area contributed by atoms with Crippen molar-refractivity contribution < 1.29 is 14.3 Å². The largest absolute Gasteiger partial charge is 0.495 e. The van der Waals surface area contributed by atoms with Crippen molar-refractivity contribution in [3.63, 3.8) is 0 Å². The van der Waals surface area contributed by atoms with Crippen molar-refractivity contribution in [2.75, 3.05) is 19.0 Å². The van der Waals surface area contributed by atoms with Gasteiger partial charge in [0.05, 0.1) is 19.4 Å². The Labute approximate surface area is 109 Å². The molecule has 5 heteroatoms. The quantitative estimate of drug-likeness (QED) is 0.850. The molecule has 94 valence electrons. The first-order valence-corrected chi connectivity index (χ1v) is 6.14. The maximum Gasteiger partial charge on any atom is 0.328 e. The number of carbonyl (C=O) groups excluding carboxylic acids is 1. The standard InChI is InChI=1S/C12H16BrNO3/c1-4-17-12(15)8(2)14-10-7-9(13)5-6-11(10)16-3/h5-8,14H,4H2,1-3H3. The highest BCUT2D eigenvalue weighted by molar-refractivity contribution is 9.10. The van der Waals surface area contributed by atoms with Gasteiger partial charge in [0.15, 0.2) is 0 Å². The molecule has 0 aliphatic heterocycles. The van der Waals surface area contributed by atoms with Gasteiger partial charge in [-0.05, 0) is 32.0 Å². The van der Waals surface area contributed by atoms with E-state index in [2.05, 4.69) is 21.2 Å². The molecular formula is C12H16BrNO3. The first-order valence-electron chi connectivity index (χ1n) is 5.35. The molecule has 0 radical (unpaired) electrons. The summed E-state index contributed by atoms with van der Waals surface area (Å²) in [6, 6.07) is 5.14. The minimum Gasteiger partial charge on any atom is -0.495 e. The number of methoxy groups -OCH3 is 1. The number of ether oxygens (including phenoxy) is 2. The van der Waals surface area contributed by atoms with E-state index in [9.17, 15) is 4.79 Å². The maximum atomic E-state index is 11.5. The molecule has 4 nitrogen and oxygen atoms in total. The van der Waals surface area contributed by atoms with E-state index in [-0.39, 0.29) is 5.97 Å². The molecule has 0 aromatic heterocycles. The predicted molar refractivity (Wildman–Crippen MR) is 70.4 cm³/mol. The molecule has 0 saturated carbocycles. The van der Waals surface area contributed by atoms with Gasteiger partial charge in [-0.3, -0.25) is 0 Å². The fourth-order valence-corrected chi connectivity index (χ4v) is 1.71. The van der Waals surface area contributed by atoms with Crippen LogP contribution in [0.4, 0.5) is 5.69 Å². The van der Waals surface area contributed by atoms with Gasteiger partial charge >= 0.3 is 5.97 Å². The summed E-state index contributed by atoms with van der Waals surface area (Å²) in [6.45, 7) is 3.91. The summed E-state index contributed by atoms with van der Waals surface area (Å²) >= 11 is 3.37. The summed E-state index contributed by atoms with van der Waals surface area (Å²) in [4.78, 5) is 11.5. The van der Waals surface area contributed by atoms with Crippen LogP contribution in [0.5, 0.6) is 5.75 Å². The van der Waals surface area contributed by atoms with Gasteiger partial charge in [0.1, 0.15) is 11.8 Å². The molecule has 17 heavy (non-hydrogen) atoms. The van der Waals surface area contributed by atoms with E-state index >= 15 is 0 Å². The first-order chi connectivity index (χ1) is 8.08. The van der Waals surface area contributed by atoms with Crippen LogP contribution >= 0.6 is 15.9 Å². The molecule has 0 fully saturated rings. The molecule has 0 aliphatic carbocycles. The minimum absolute atomic E-state index is 0.283. The minimum atomic E-state index is -0.418. The number of halogens is 1. The smallest absolute Gasteiger partial charge is 0.328 e. The van der Waals surface area contributed by atoms with Gasteiger partial charge in [-0.2, -0.15) is 0 Å². The molecule has 1 rings (SSSR count). The van der Waals surface area contributed by atoms with Crippen LogP contribution in [0.2, 0.25) is 0 Å². The highest BCUT2D eigenvalue weighted by atomic mass is 79.9. The van der Waals surface area contributed by atoms with Crippen molar-refractivity contribution in [3.8, 4) is 5.75 Å². The molecule has 0 heterocycles. The highest BCUT2D eigenvalue weighted by Crippen LogP contribution is 2.28. The third-order valence-electron chi connectivity index (χ3n) is 2.17. The lowest BCUT2D eigenvalue weighted by Crippen LogP contribution is -2.28. The van der Waals surface area contributed by atoms with Crippen molar-refractivity contribution in [2.24, 2.45) is 0 Å². The molecule has 1 aromatic carbocycles. The van der Waals surface area contributed by atoms with Crippen LogP contribution < -0.4 is 10.1 Å². The van der Waals surface area contributed by atoms with Crippen LogP contribution in [-0.2, 0) is 9.53 Å². The van der Waals surface area contributed by atoms with Gasteiger partial charge in [0.25, 0.3) is 0 Å². The van der Waals surface area contributed by atoms with Crippen molar-refractivity contribution in [2.45, 2.75) is 19.9 Å². The van der Waals surface area contributed by atoms with Gasteiger partial charge in [0, 0.05) is 4.47 Å². The summed E-state index contributed by atoms with van der Waals surface area (Å²) in [6.07, 6.45) is 0. The number of rotatable bonds is 5. The van der Waals surface area contributed by atoms with Crippen LogP contribution in [0.3, 0.4) is 0 Å². The van der Waals surface area contributed by atoms with Crippen molar-refractivity contribution in [1.82, 2.24) is 0 Å². The molecule has 0 amide bonds. The molecule has 1 atom stereocenters. The Kier molecular flexibility index (Phi) is 5.28. The zero-order chi connectivity index (χ0) is 12.8. The molecular weight excluding hydrogens is 286 g/mol. The number of nitrogens with one attached hydrogen (secondary N) is 1. The summed E-state index contributed by atoms with van der Waals surface area (Å²) in [5.41, 5.74) is 0.752. The number of benzene rings is 1. The number of anilines is 1. The SMILES string of the molecule is CCOC(=O)C(C)Nc1cc(Br)ccc1OC. The van der Waals surface area contributed by atoms with E-state index in [1.165, 1.54) is 0 Å². The lowest BCUT2D eigenvalue weighted by molar-refractivity contribution is -0.143. The predicted octanol–water partition coefficient (Wildman–Crippen LogP) is 2.82. The normalized spacial score (nSPS) is 11.8. The van der Waals surface area contributed by atoms with Gasteiger partial charge in [-0.1, -0.05) is 15.9 Å². The second kappa shape index (κ2) is 6.49. The zero-order valence-corrected chi connectivity index (χ0v) is 11.7. The van der Waals surface area contributed by atoms with Crippen LogP contribution in [0.1, 0.15) is 13.8 Å². The Balaban J connectivity index is 2.79. The fourth-order valence-electron chi connectivity index (χ4n) is 1.35. The summed E-state index contributed by atoms with van der Waals surface area (Å²) in [7, 11) is 1.59. The lowest BCUT2D eigenvalue weighted by Gasteiger charge is -2.16. The van der Waals surface area contributed by atoms with E-state index in [1.807, 2.05) is 18.2 Å². The van der Waals surface area contributed by atoms with Gasteiger partial charge in [0.2, 0.25) is 0 Å². The molecule has 1 aromatic rings. The van der Waals surface area contributed by atoms with E-state index in [4.69, 9.17) is 9.47 Å². The van der Waals surface area contributed by atoms with Gasteiger partial charge < -0.3 is 14.8 Å². The third-order valence-corrected chi connectivity index (χ3v) is 2.67. The van der Waals surface area contributed by atoms with Crippen LogP contribution in [0, 0.1) is 0 Å². The fraction of sp³-hybridized carbons (Fsp3) is 0.417. The van der Waals surface area contributed by atoms with Crippen molar-refractivity contribution in [1.29, 1.82) is 0 Å². The van der Waals surface area contributed by atoms with Crippen LogP contribution in [-0.4, -0.2) is 25.7 Å². The van der Waals surface area contributed by atoms with E-state index in [0.29, 0.717) is 12.4 Å². The Morgan fingerprint density at radius 1 is 1.53 bits per heavy atom. The summed E-state index contributed by atoms with van der Waals surface area (Å²) < 4.78 is 11.0. The number of hydrogen-bond acceptors (Lipinski definition) is 4. The Hall–Kier alpha value is -1.23. The average Bonchev–Trinajstić information content (AvgIpc) is 2.29. The highest BCUT2D eigenvalue weighted by Gasteiger charge is 2.15. The lowest BCUT2D eigenvalue weighted by atomic mass is 10.2. The molecule has 0 spiro atoms. The molecule has 1 unspecified atom stereocenters. The third kappa shape index (κ3) is 3.93. The first kappa shape index (κ1) is 13.8. The molecule has 0 bridgehead atoms. The van der Waals surface area contributed by atoms with E-state index < -0.39 is 6.04 Å². The second-order valence-electron chi connectivity index (χ2n) is 3.46. The molecule has 1 N–H and O–H groups in total. The number of carbonyl (C=O) groups is 1. The Morgan fingerprint density at radius 3 is 2.82 bits per heavy atom. The Bertz CT molecular complexity index is 395. The summed E-state index contributed by atoms with van der Waals surface area (Å²) in [5.74, 6) is 0.402. The maximum absolute atomic E-state index is 11.5. The Morgan fingerprint density at radius 2 is 2.24 bits per heavy atom. The van der Waals surface area contributed by atoms with Crippen LogP contribution in [0.15, 0.2) is 22.7 Å². The molecule has 0 saturated heterocycles. The van der Waals surface area contributed by atoms with Crippen molar-refractivity contribution >= 4 is 27.6 Å². The van der Waals surface area contributed by atoms with Crippen LogP contribution in [0.25, 0.3) is 0 Å². The monoisotopic (exact) mass is 301 g/mol. The van der Waals surface area contributed by atoms with E-state index in [1.54, 1.807) is 21.0 Å². The topological polar surface area (TPSA) is 47.6 Å². The molecule has 0 aliphatic rings. The number of hydrogen-bond donors (Lipinski definition) is 1. The van der Waals surface area contributed by atoms with Gasteiger partial charge in [-0.15, -0.1) is 0 Å². The van der Waals surface area contributed by atoms with Crippen molar-refractivity contribution in [3.05, 3.63) is 22.7 Å². The van der Waals surface area contributed by atoms with E-state index in [0.717, 1.165) is 10.2 Å². The number of esters is 1. The second-order valence-corrected chi connectivity index (χ2v) is 4.38. The zero-order valence-electron chi connectivity index (χ0n) is 10.1.